The zero-order valence-electron chi connectivity index (χ0n) is 34.3. The van der Waals surface area contributed by atoms with E-state index in [1.165, 1.54) is 17.0 Å². The molecule has 312 valence electrons. The maximum atomic E-state index is 13.6. The predicted octanol–water partition coefficient (Wildman–Crippen LogP) is 10.5. The van der Waals surface area contributed by atoms with E-state index < -0.39 is 21.7 Å². The van der Waals surface area contributed by atoms with Gasteiger partial charge in [-0.05, 0) is 133 Å². The molecule has 0 unspecified atom stereocenters. The average Bonchev–Trinajstić information content (AvgIpc) is 3.67. The van der Waals surface area contributed by atoms with Crippen LogP contribution in [0.25, 0.3) is 0 Å². The van der Waals surface area contributed by atoms with Crippen molar-refractivity contribution in [2.75, 3.05) is 11.2 Å². The van der Waals surface area contributed by atoms with Gasteiger partial charge in [-0.1, -0.05) is 57.4 Å². The Balaban J connectivity index is 0.827. The standard InChI is InChI=1S/C50H42N2O9S/c1-50(2,31-9-15-35(16-10-31)60-39-23-27-42-44(29-39)48(55)51(46(42)53)33-7-5-4-6-8-33)32-11-17-36(18-12-32)61-40-24-28-43-45(30-40)49(56)52(47(43)54)34-13-19-37(20-14-34)59-38-21-25-41(26-22-38)62(3,57)58/h9-30,33H,4-8H2,1-3H3. The molecule has 0 spiro atoms. The van der Waals surface area contributed by atoms with Gasteiger partial charge in [0.25, 0.3) is 23.6 Å². The molecule has 6 aromatic rings. The van der Waals surface area contributed by atoms with E-state index in [2.05, 4.69) is 13.8 Å². The van der Waals surface area contributed by atoms with Gasteiger partial charge >= 0.3 is 0 Å². The lowest BCUT2D eigenvalue weighted by atomic mass is 9.78. The van der Waals surface area contributed by atoms with Crippen molar-refractivity contribution in [3.63, 3.8) is 0 Å². The summed E-state index contributed by atoms with van der Waals surface area (Å²) in [7, 11) is -3.34. The van der Waals surface area contributed by atoms with E-state index in [0.29, 0.717) is 51.3 Å². The van der Waals surface area contributed by atoms with Crippen LogP contribution in [0.2, 0.25) is 0 Å². The second-order valence-electron chi connectivity index (χ2n) is 16.4. The van der Waals surface area contributed by atoms with E-state index in [9.17, 15) is 27.6 Å². The first-order valence-corrected chi connectivity index (χ1v) is 22.3. The minimum atomic E-state index is -3.34. The summed E-state index contributed by atoms with van der Waals surface area (Å²) in [5.74, 6) is 1.54. The average molecular weight is 847 g/mol. The number of benzene rings is 6. The Morgan fingerprint density at radius 1 is 0.484 bits per heavy atom. The molecule has 1 fully saturated rings. The summed E-state index contributed by atoms with van der Waals surface area (Å²) in [5, 5.41) is 0. The lowest BCUT2D eigenvalue weighted by Crippen LogP contribution is -2.40. The fourth-order valence-electron chi connectivity index (χ4n) is 8.36. The van der Waals surface area contributed by atoms with E-state index in [-0.39, 0.29) is 39.3 Å². The number of rotatable bonds is 11. The number of carbonyl (C=O) groups excluding carboxylic acids is 4. The van der Waals surface area contributed by atoms with E-state index in [1.54, 1.807) is 72.8 Å². The van der Waals surface area contributed by atoms with Crippen molar-refractivity contribution in [2.24, 2.45) is 0 Å². The van der Waals surface area contributed by atoms with Crippen molar-refractivity contribution >= 4 is 39.2 Å². The van der Waals surface area contributed by atoms with Gasteiger partial charge in [0.2, 0.25) is 0 Å². The number of amides is 4. The van der Waals surface area contributed by atoms with Crippen LogP contribution in [0.15, 0.2) is 138 Å². The van der Waals surface area contributed by atoms with Crippen molar-refractivity contribution in [3.8, 4) is 34.5 Å². The second kappa shape index (κ2) is 15.8. The molecule has 1 aliphatic carbocycles. The highest BCUT2D eigenvalue weighted by Crippen LogP contribution is 2.38. The van der Waals surface area contributed by atoms with Crippen LogP contribution in [0.4, 0.5) is 5.69 Å². The first-order valence-electron chi connectivity index (χ1n) is 20.4. The molecule has 6 aromatic carbocycles. The highest BCUT2D eigenvalue weighted by Gasteiger charge is 2.41. The number of hydrogen-bond donors (Lipinski definition) is 0. The number of anilines is 1. The third kappa shape index (κ3) is 7.62. The third-order valence-electron chi connectivity index (χ3n) is 11.9. The van der Waals surface area contributed by atoms with Gasteiger partial charge in [-0.2, -0.15) is 0 Å². The monoisotopic (exact) mass is 846 g/mol. The SMILES string of the molecule is CC(C)(c1ccc(Oc2ccc3c(c2)C(=O)N(c2ccc(Oc4ccc(S(C)(=O)=O)cc4)cc2)C3=O)cc1)c1ccc(Oc2ccc3c(c2)C(=O)N(C2CCCCC2)C3=O)cc1. The maximum Gasteiger partial charge on any atom is 0.266 e. The molecule has 0 saturated heterocycles. The van der Waals surface area contributed by atoms with E-state index in [0.717, 1.165) is 54.4 Å². The first-order chi connectivity index (χ1) is 29.7. The number of fused-ring (bicyclic) bond motifs is 2. The van der Waals surface area contributed by atoms with E-state index in [1.807, 2.05) is 48.5 Å². The van der Waals surface area contributed by atoms with Gasteiger partial charge in [0.15, 0.2) is 9.84 Å². The molecule has 12 heteroatoms. The van der Waals surface area contributed by atoms with Crippen LogP contribution < -0.4 is 19.1 Å². The van der Waals surface area contributed by atoms with Gasteiger partial charge in [-0.15, -0.1) is 0 Å². The van der Waals surface area contributed by atoms with Gasteiger partial charge in [-0.25, -0.2) is 13.3 Å². The summed E-state index contributed by atoms with van der Waals surface area (Å²) in [6.07, 6.45) is 6.03. The zero-order chi connectivity index (χ0) is 43.3. The molecule has 0 aromatic heterocycles. The van der Waals surface area contributed by atoms with Crippen LogP contribution in [-0.4, -0.2) is 49.2 Å². The Morgan fingerprint density at radius 2 is 0.871 bits per heavy atom. The maximum absolute atomic E-state index is 13.6. The molecule has 11 nitrogen and oxygen atoms in total. The zero-order valence-corrected chi connectivity index (χ0v) is 35.1. The topological polar surface area (TPSA) is 137 Å². The first kappa shape index (κ1) is 40.4. The van der Waals surface area contributed by atoms with Gasteiger partial charge in [0, 0.05) is 17.7 Å². The van der Waals surface area contributed by atoms with Gasteiger partial charge < -0.3 is 14.2 Å². The molecule has 9 rings (SSSR count). The molecule has 1 saturated carbocycles. The van der Waals surface area contributed by atoms with Crippen molar-refractivity contribution in [1.82, 2.24) is 4.90 Å². The Bertz CT molecular complexity index is 2870. The number of ether oxygens (including phenoxy) is 3. The molecule has 0 atom stereocenters. The molecule has 3 aliphatic rings. The largest absolute Gasteiger partial charge is 0.457 e. The van der Waals surface area contributed by atoms with Crippen molar-refractivity contribution in [2.45, 2.75) is 62.3 Å². The van der Waals surface area contributed by atoms with Gasteiger partial charge in [0.05, 0.1) is 32.8 Å². The summed E-state index contributed by atoms with van der Waals surface area (Å²) in [5.41, 5.74) is 3.38. The Labute approximate surface area is 359 Å². The summed E-state index contributed by atoms with van der Waals surface area (Å²) in [6.45, 7) is 4.24. The van der Waals surface area contributed by atoms with Crippen LogP contribution >= 0.6 is 0 Å². The molecule has 0 N–H and O–H groups in total. The molecule has 2 heterocycles. The minimum absolute atomic E-state index is 0.0383. The minimum Gasteiger partial charge on any atom is -0.457 e. The quantitative estimate of drug-likeness (QED) is 0.117. The normalized spacial score (nSPS) is 15.5. The Hall–Kier alpha value is -7.05. The lowest BCUT2D eigenvalue weighted by Gasteiger charge is -2.29. The van der Waals surface area contributed by atoms with Crippen molar-refractivity contribution in [1.29, 1.82) is 0 Å². The number of hydrogen-bond acceptors (Lipinski definition) is 9. The van der Waals surface area contributed by atoms with Gasteiger partial charge in [0.1, 0.15) is 34.5 Å². The highest BCUT2D eigenvalue weighted by molar-refractivity contribution is 7.90. The fourth-order valence-corrected chi connectivity index (χ4v) is 8.99. The summed E-state index contributed by atoms with van der Waals surface area (Å²) in [6, 6.07) is 37.9. The van der Waals surface area contributed by atoms with Crippen molar-refractivity contribution in [3.05, 3.63) is 167 Å². The number of carbonyl (C=O) groups is 4. The smallest absolute Gasteiger partial charge is 0.266 e. The summed E-state index contributed by atoms with van der Waals surface area (Å²) in [4.78, 5) is 56.1. The molecular weight excluding hydrogens is 805 g/mol. The molecule has 4 amide bonds. The summed E-state index contributed by atoms with van der Waals surface area (Å²) < 4.78 is 41.7. The lowest BCUT2D eigenvalue weighted by molar-refractivity contribution is 0.0548. The number of sulfone groups is 1. The third-order valence-corrected chi connectivity index (χ3v) is 13.0. The molecule has 0 radical (unpaired) electrons. The summed E-state index contributed by atoms with van der Waals surface area (Å²) >= 11 is 0. The molecular formula is C50H42N2O9S. The molecule has 2 aliphatic heterocycles. The van der Waals surface area contributed by atoms with Crippen LogP contribution in [-0.2, 0) is 15.3 Å². The molecule has 62 heavy (non-hydrogen) atoms. The Kier molecular flexibility index (Phi) is 10.3. The number of nitrogens with zero attached hydrogens (tertiary/aromatic N) is 2. The Morgan fingerprint density at radius 3 is 1.37 bits per heavy atom. The second-order valence-corrected chi connectivity index (χ2v) is 18.4. The fraction of sp³-hybridized carbons (Fsp3) is 0.200. The predicted molar refractivity (Wildman–Crippen MR) is 233 cm³/mol. The highest BCUT2D eigenvalue weighted by atomic mass is 32.2. The van der Waals surface area contributed by atoms with E-state index in [4.69, 9.17) is 14.2 Å². The van der Waals surface area contributed by atoms with Crippen LogP contribution in [0.5, 0.6) is 34.5 Å². The van der Waals surface area contributed by atoms with Crippen molar-refractivity contribution < 1.29 is 41.8 Å². The van der Waals surface area contributed by atoms with E-state index >= 15 is 0 Å². The number of imide groups is 2. The van der Waals surface area contributed by atoms with Crippen LogP contribution in [0.1, 0.15) is 98.5 Å². The molecule has 0 bridgehead atoms. The van der Waals surface area contributed by atoms with Crippen LogP contribution in [0, 0.1) is 0 Å². The van der Waals surface area contributed by atoms with Gasteiger partial charge in [-0.3, -0.25) is 24.1 Å². The van der Waals surface area contributed by atoms with Crippen LogP contribution in [0.3, 0.4) is 0 Å².